The van der Waals surface area contributed by atoms with Crippen LogP contribution in [0.2, 0.25) is 5.02 Å². The first-order valence-electron chi connectivity index (χ1n) is 8.11. The number of benzene rings is 1. The summed E-state index contributed by atoms with van der Waals surface area (Å²) in [6, 6.07) is 7.91. The highest BCUT2D eigenvalue weighted by molar-refractivity contribution is 6.31. The van der Waals surface area contributed by atoms with Gasteiger partial charge in [-0.1, -0.05) is 56.3 Å². The Morgan fingerprint density at radius 2 is 2.09 bits per heavy atom. The standard InChI is InChI=1S/C11H18N2O.C8H9Cl/c1-4-5-11(10(3)14)13-7-6-12-8-9(13)2;1-2-7-5-3-4-6-8(7)9/h5,12H,2,4,6-8H2,1,3H3;3-6H,2H2,1H3/b11-5-;. The van der Waals surface area contributed by atoms with Crippen molar-refractivity contribution < 1.29 is 4.79 Å². The number of piperazine rings is 1. The van der Waals surface area contributed by atoms with Gasteiger partial charge in [-0.05, 0) is 24.5 Å². The summed E-state index contributed by atoms with van der Waals surface area (Å²) in [4.78, 5) is 13.4. The first-order valence-corrected chi connectivity index (χ1v) is 8.49. The average Bonchev–Trinajstić information content (AvgIpc) is 2.54. The monoisotopic (exact) mass is 334 g/mol. The van der Waals surface area contributed by atoms with Crippen molar-refractivity contribution in [3.8, 4) is 0 Å². The van der Waals surface area contributed by atoms with Crippen molar-refractivity contribution >= 4 is 17.4 Å². The molecule has 0 bridgehead atoms. The number of allylic oxidation sites excluding steroid dienone is 2. The molecule has 0 amide bonds. The molecule has 0 unspecified atom stereocenters. The zero-order chi connectivity index (χ0) is 17.2. The minimum absolute atomic E-state index is 0.120. The van der Waals surface area contributed by atoms with Crippen LogP contribution in [0.25, 0.3) is 0 Å². The van der Waals surface area contributed by atoms with E-state index in [1.165, 1.54) is 5.56 Å². The van der Waals surface area contributed by atoms with Crippen molar-refractivity contribution in [2.45, 2.75) is 33.6 Å². The summed E-state index contributed by atoms with van der Waals surface area (Å²) in [5.41, 5.74) is 2.99. The molecule has 1 N–H and O–H groups in total. The third-order valence-corrected chi connectivity index (χ3v) is 3.98. The van der Waals surface area contributed by atoms with Crippen LogP contribution in [-0.2, 0) is 11.2 Å². The molecular formula is C19H27ClN2O. The Bertz CT molecular complexity index is 566. The minimum atomic E-state index is 0.120. The normalized spacial score (nSPS) is 15.0. The molecule has 1 saturated heterocycles. The first-order chi connectivity index (χ1) is 11.0. The fourth-order valence-electron chi connectivity index (χ4n) is 2.39. The molecule has 1 aliphatic heterocycles. The zero-order valence-corrected chi connectivity index (χ0v) is 15.1. The summed E-state index contributed by atoms with van der Waals surface area (Å²) >= 11 is 5.82. The Labute approximate surface area is 145 Å². The van der Waals surface area contributed by atoms with Gasteiger partial charge in [-0.3, -0.25) is 4.79 Å². The van der Waals surface area contributed by atoms with E-state index in [1.807, 2.05) is 42.2 Å². The summed E-state index contributed by atoms with van der Waals surface area (Å²) in [6.07, 6.45) is 3.87. The highest BCUT2D eigenvalue weighted by atomic mass is 35.5. The molecule has 3 nitrogen and oxygen atoms in total. The molecule has 1 aromatic rings. The van der Waals surface area contributed by atoms with Crippen LogP contribution >= 0.6 is 11.6 Å². The van der Waals surface area contributed by atoms with Gasteiger partial charge >= 0.3 is 0 Å². The third-order valence-electron chi connectivity index (χ3n) is 3.61. The van der Waals surface area contributed by atoms with Crippen LogP contribution in [0.15, 0.2) is 48.3 Å². The molecule has 0 radical (unpaired) electrons. The van der Waals surface area contributed by atoms with Crippen molar-refractivity contribution in [3.63, 3.8) is 0 Å². The number of aryl methyl sites for hydroxylation is 1. The second kappa shape index (κ2) is 10.2. The highest BCUT2D eigenvalue weighted by Gasteiger charge is 2.18. The number of ketones is 1. The van der Waals surface area contributed by atoms with E-state index in [1.54, 1.807) is 6.92 Å². The number of nitrogens with one attached hydrogen (secondary N) is 1. The Balaban J connectivity index is 0.000000253. The van der Waals surface area contributed by atoms with Gasteiger partial charge in [0.15, 0.2) is 5.78 Å². The summed E-state index contributed by atoms with van der Waals surface area (Å²) in [5, 5.41) is 4.10. The van der Waals surface area contributed by atoms with E-state index in [2.05, 4.69) is 18.8 Å². The van der Waals surface area contributed by atoms with Crippen LogP contribution in [0.5, 0.6) is 0 Å². The van der Waals surface area contributed by atoms with Gasteiger partial charge in [-0.2, -0.15) is 0 Å². The molecule has 0 atom stereocenters. The predicted molar refractivity (Wildman–Crippen MR) is 98.6 cm³/mol. The second-order valence-electron chi connectivity index (χ2n) is 5.39. The topological polar surface area (TPSA) is 32.3 Å². The largest absolute Gasteiger partial charge is 0.341 e. The molecule has 2 rings (SSSR count). The van der Waals surface area contributed by atoms with Crippen LogP contribution in [-0.4, -0.2) is 30.3 Å². The molecule has 4 heteroatoms. The lowest BCUT2D eigenvalue weighted by Gasteiger charge is -2.32. The van der Waals surface area contributed by atoms with Crippen LogP contribution in [0.3, 0.4) is 0 Å². The fourth-order valence-corrected chi connectivity index (χ4v) is 2.66. The van der Waals surface area contributed by atoms with Gasteiger partial charge in [0.2, 0.25) is 0 Å². The van der Waals surface area contributed by atoms with Gasteiger partial charge < -0.3 is 10.2 Å². The number of Topliss-reactive ketones (excluding diaryl/α,β-unsaturated/α-hetero) is 1. The Morgan fingerprint density at radius 3 is 2.57 bits per heavy atom. The molecular weight excluding hydrogens is 308 g/mol. The molecule has 1 heterocycles. The fraction of sp³-hybridized carbons (Fsp3) is 0.421. The number of rotatable bonds is 4. The molecule has 0 aliphatic carbocycles. The second-order valence-corrected chi connectivity index (χ2v) is 5.80. The molecule has 0 aromatic heterocycles. The molecule has 1 aromatic carbocycles. The van der Waals surface area contributed by atoms with E-state index in [0.717, 1.165) is 48.9 Å². The lowest BCUT2D eigenvalue weighted by molar-refractivity contribution is -0.114. The van der Waals surface area contributed by atoms with Crippen molar-refractivity contribution in [2.75, 3.05) is 19.6 Å². The van der Waals surface area contributed by atoms with Crippen LogP contribution in [0, 0.1) is 0 Å². The number of hydrogen-bond acceptors (Lipinski definition) is 3. The van der Waals surface area contributed by atoms with Gasteiger partial charge in [0.25, 0.3) is 0 Å². The van der Waals surface area contributed by atoms with Crippen molar-refractivity contribution in [1.29, 1.82) is 0 Å². The number of halogens is 1. The van der Waals surface area contributed by atoms with Crippen LogP contribution in [0.1, 0.15) is 32.8 Å². The van der Waals surface area contributed by atoms with Gasteiger partial charge in [0.05, 0.1) is 5.70 Å². The van der Waals surface area contributed by atoms with E-state index < -0.39 is 0 Å². The lowest BCUT2D eigenvalue weighted by atomic mass is 10.2. The van der Waals surface area contributed by atoms with E-state index in [-0.39, 0.29) is 5.78 Å². The Hall–Kier alpha value is -1.58. The first kappa shape index (κ1) is 19.5. The third kappa shape index (κ3) is 6.20. The summed E-state index contributed by atoms with van der Waals surface area (Å²) < 4.78 is 0. The van der Waals surface area contributed by atoms with E-state index >= 15 is 0 Å². The summed E-state index contributed by atoms with van der Waals surface area (Å²) in [5.74, 6) is 0.120. The minimum Gasteiger partial charge on any atom is -0.341 e. The van der Waals surface area contributed by atoms with E-state index in [0.29, 0.717) is 0 Å². The van der Waals surface area contributed by atoms with E-state index in [9.17, 15) is 4.79 Å². The summed E-state index contributed by atoms with van der Waals surface area (Å²) in [6.45, 7) is 12.2. The SMILES string of the molecule is C=C1CNCCN1/C(=C\CC)C(C)=O.CCc1ccccc1Cl. The van der Waals surface area contributed by atoms with Crippen LogP contribution < -0.4 is 5.32 Å². The lowest BCUT2D eigenvalue weighted by Crippen LogP contribution is -2.42. The maximum Gasteiger partial charge on any atom is 0.175 e. The predicted octanol–water partition coefficient (Wildman–Crippen LogP) is 4.19. The Kier molecular flexibility index (Phi) is 8.67. The Morgan fingerprint density at radius 1 is 1.39 bits per heavy atom. The van der Waals surface area contributed by atoms with Gasteiger partial charge in [-0.15, -0.1) is 0 Å². The number of nitrogens with zero attached hydrogens (tertiary/aromatic N) is 1. The molecule has 1 aliphatic rings. The highest BCUT2D eigenvalue weighted by Crippen LogP contribution is 2.15. The molecule has 1 fully saturated rings. The number of carbonyl (C=O) groups is 1. The zero-order valence-electron chi connectivity index (χ0n) is 14.4. The maximum atomic E-state index is 11.4. The quantitative estimate of drug-likeness (QED) is 0.838. The molecule has 23 heavy (non-hydrogen) atoms. The van der Waals surface area contributed by atoms with Crippen LogP contribution in [0.4, 0.5) is 0 Å². The van der Waals surface area contributed by atoms with Gasteiger partial charge in [-0.25, -0.2) is 0 Å². The molecule has 126 valence electrons. The number of hydrogen-bond donors (Lipinski definition) is 1. The maximum absolute atomic E-state index is 11.4. The summed E-state index contributed by atoms with van der Waals surface area (Å²) in [7, 11) is 0. The number of carbonyl (C=O) groups excluding carboxylic acids is 1. The molecule has 0 spiro atoms. The molecule has 0 saturated carbocycles. The smallest absolute Gasteiger partial charge is 0.175 e. The van der Waals surface area contributed by atoms with Crippen molar-refractivity contribution in [1.82, 2.24) is 10.2 Å². The van der Waals surface area contributed by atoms with Crippen molar-refractivity contribution in [2.24, 2.45) is 0 Å². The van der Waals surface area contributed by atoms with E-state index in [4.69, 9.17) is 11.6 Å². The van der Waals surface area contributed by atoms with Gasteiger partial charge in [0.1, 0.15) is 0 Å². The average molecular weight is 335 g/mol. The van der Waals surface area contributed by atoms with Gasteiger partial charge in [0, 0.05) is 37.3 Å². The van der Waals surface area contributed by atoms with Crippen molar-refractivity contribution in [3.05, 3.63) is 58.9 Å².